The van der Waals surface area contributed by atoms with Crippen LogP contribution in [0.5, 0.6) is 0 Å². The standard InChI is InChI=1S/C20H22FN5O2S/c1-27-6-4-3-5-13-17(10-28-2)29-20-18(13)19(22-11-23-20)25-16-7-12-9-24-26-15(12)8-14(16)21/h7-9,11H,3-6,10H2,1-2H3,(H,24,26)(H,22,23,25). The van der Waals surface area contributed by atoms with Gasteiger partial charge >= 0.3 is 0 Å². The molecule has 0 spiro atoms. The van der Waals surface area contributed by atoms with E-state index in [0.29, 0.717) is 23.6 Å². The summed E-state index contributed by atoms with van der Waals surface area (Å²) in [5, 5.41) is 11.7. The molecule has 0 radical (unpaired) electrons. The first-order valence-corrected chi connectivity index (χ1v) is 10.2. The number of nitrogens with one attached hydrogen (secondary N) is 2. The van der Waals surface area contributed by atoms with E-state index in [-0.39, 0.29) is 5.82 Å². The summed E-state index contributed by atoms with van der Waals surface area (Å²) in [5.74, 6) is 0.222. The van der Waals surface area contributed by atoms with Gasteiger partial charge in [0.25, 0.3) is 0 Å². The lowest BCUT2D eigenvalue weighted by atomic mass is 10.1. The van der Waals surface area contributed by atoms with Crippen molar-refractivity contribution in [2.45, 2.75) is 25.9 Å². The monoisotopic (exact) mass is 415 g/mol. The molecular weight excluding hydrogens is 393 g/mol. The number of anilines is 2. The Bertz CT molecular complexity index is 1130. The van der Waals surface area contributed by atoms with E-state index in [1.54, 1.807) is 37.8 Å². The van der Waals surface area contributed by atoms with Gasteiger partial charge in [-0.1, -0.05) is 0 Å². The summed E-state index contributed by atoms with van der Waals surface area (Å²) in [6.07, 6.45) is 5.95. The van der Waals surface area contributed by atoms with Crippen LogP contribution in [0.25, 0.3) is 21.1 Å². The molecule has 0 amide bonds. The second kappa shape index (κ2) is 8.81. The molecule has 0 unspecified atom stereocenters. The molecule has 2 N–H and O–H groups in total. The highest BCUT2D eigenvalue weighted by molar-refractivity contribution is 7.18. The molecule has 3 aromatic heterocycles. The third-order valence-electron chi connectivity index (χ3n) is 4.75. The fourth-order valence-electron chi connectivity index (χ4n) is 3.38. The van der Waals surface area contributed by atoms with Crippen molar-refractivity contribution >= 4 is 44.0 Å². The summed E-state index contributed by atoms with van der Waals surface area (Å²) in [6, 6.07) is 3.15. The molecule has 29 heavy (non-hydrogen) atoms. The number of halogens is 1. The summed E-state index contributed by atoms with van der Waals surface area (Å²) in [7, 11) is 3.39. The highest BCUT2D eigenvalue weighted by Crippen LogP contribution is 2.37. The van der Waals surface area contributed by atoms with Gasteiger partial charge in [-0.05, 0) is 30.9 Å². The second-order valence-corrected chi connectivity index (χ2v) is 7.79. The number of rotatable bonds is 9. The number of fused-ring (bicyclic) bond motifs is 2. The van der Waals surface area contributed by atoms with Crippen LogP contribution >= 0.6 is 11.3 Å². The number of methoxy groups -OCH3 is 2. The van der Waals surface area contributed by atoms with Gasteiger partial charge in [0.1, 0.15) is 22.8 Å². The Labute approximate surface area is 171 Å². The molecule has 3 heterocycles. The number of aryl methyl sites for hydroxylation is 1. The molecule has 7 nitrogen and oxygen atoms in total. The van der Waals surface area contributed by atoms with Gasteiger partial charge < -0.3 is 14.8 Å². The minimum atomic E-state index is -0.373. The SMILES string of the molecule is COCCCCc1c(COC)sc2ncnc(Nc3cc4cn[nH]c4cc3F)c12. The van der Waals surface area contributed by atoms with E-state index in [4.69, 9.17) is 9.47 Å². The van der Waals surface area contributed by atoms with Gasteiger partial charge in [0, 0.05) is 37.2 Å². The highest BCUT2D eigenvalue weighted by atomic mass is 32.1. The highest BCUT2D eigenvalue weighted by Gasteiger charge is 2.18. The van der Waals surface area contributed by atoms with Crippen LogP contribution in [-0.2, 0) is 22.5 Å². The van der Waals surface area contributed by atoms with Crippen molar-refractivity contribution in [2.24, 2.45) is 0 Å². The first kappa shape index (κ1) is 19.7. The summed E-state index contributed by atoms with van der Waals surface area (Å²) in [6.45, 7) is 1.23. The second-order valence-electron chi connectivity index (χ2n) is 6.70. The molecule has 1 aromatic carbocycles. The smallest absolute Gasteiger partial charge is 0.148 e. The Morgan fingerprint density at radius 2 is 2.07 bits per heavy atom. The Morgan fingerprint density at radius 1 is 1.17 bits per heavy atom. The fraction of sp³-hybridized carbons (Fsp3) is 0.350. The zero-order valence-electron chi connectivity index (χ0n) is 16.3. The maximum Gasteiger partial charge on any atom is 0.148 e. The van der Waals surface area contributed by atoms with Crippen LogP contribution in [-0.4, -0.2) is 41.0 Å². The molecule has 0 saturated carbocycles. The van der Waals surface area contributed by atoms with Crippen molar-refractivity contribution in [1.29, 1.82) is 0 Å². The Morgan fingerprint density at radius 3 is 2.90 bits per heavy atom. The minimum Gasteiger partial charge on any atom is -0.385 e. The number of H-pyrrole nitrogens is 1. The molecule has 9 heteroatoms. The fourth-order valence-corrected chi connectivity index (χ4v) is 4.54. The molecule has 0 aliphatic heterocycles. The first-order chi connectivity index (χ1) is 14.2. The van der Waals surface area contributed by atoms with E-state index in [2.05, 4.69) is 25.5 Å². The summed E-state index contributed by atoms with van der Waals surface area (Å²) < 4.78 is 25.2. The number of thiophene rings is 1. The van der Waals surface area contributed by atoms with Gasteiger partial charge in [-0.15, -0.1) is 11.3 Å². The van der Waals surface area contributed by atoms with Gasteiger partial charge in [0.15, 0.2) is 0 Å². The lowest BCUT2D eigenvalue weighted by Crippen LogP contribution is -2.00. The van der Waals surface area contributed by atoms with E-state index < -0.39 is 0 Å². The average Bonchev–Trinajstić information content (AvgIpc) is 3.30. The Kier molecular flexibility index (Phi) is 5.98. The number of benzene rings is 1. The van der Waals surface area contributed by atoms with E-state index in [9.17, 15) is 4.39 Å². The van der Waals surface area contributed by atoms with Crippen LogP contribution < -0.4 is 5.32 Å². The number of aromatic nitrogens is 4. The molecule has 0 atom stereocenters. The number of aromatic amines is 1. The zero-order chi connectivity index (χ0) is 20.2. The molecule has 0 aliphatic carbocycles. The minimum absolute atomic E-state index is 0.351. The van der Waals surface area contributed by atoms with Crippen molar-refractivity contribution in [2.75, 3.05) is 26.1 Å². The van der Waals surface area contributed by atoms with Crippen LogP contribution in [0.4, 0.5) is 15.9 Å². The number of hydrogen-bond donors (Lipinski definition) is 2. The molecule has 4 rings (SSSR count). The average molecular weight is 415 g/mol. The largest absolute Gasteiger partial charge is 0.385 e. The third kappa shape index (κ3) is 4.07. The quantitative estimate of drug-likeness (QED) is 0.390. The van der Waals surface area contributed by atoms with Crippen LogP contribution in [0.15, 0.2) is 24.7 Å². The van der Waals surface area contributed by atoms with Crippen molar-refractivity contribution in [3.8, 4) is 0 Å². The van der Waals surface area contributed by atoms with Crippen molar-refractivity contribution < 1.29 is 13.9 Å². The Hall–Kier alpha value is -2.62. The van der Waals surface area contributed by atoms with Crippen molar-refractivity contribution in [3.63, 3.8) is 0 Å². The predicted octanol–water partition coefficient (Wildman–Crippen LogP) is 4.57. The first-order valence-electron chi connectivity index (χ1n) is 9.34. The predicted molar refractivity (Wildman–Crippen MR) is 112 cm³/mol. The molecule has 0 fully saturated rings. The normalized spacial score (nSPS) is 11.6. The summed E-state index contributed by atoms with van der Waals surface area (Å²) in [4.78, 5) is 10.8. The number of ether oxygens (including phenoxy) is 2. The number of nitrogens with zero attached hydrogens (tertiary/aromatic N) is 3. The van der Waals surface area contributed by atoms with Gasteiger partial charge in [-0.2, -0.15) is 5.10 Å². The molecule has 152 valence electrons. The number of unbranched alkanes of at least 4 members (excludes halogenated alkanes) is 1. The third-order valence-corrected chi connectivity index (χ3v) is 5.87. The molecule has 4 aromatic rings. The van der Waals surface area contributed by atoms with E-state index >= 15 is 0 Å². The van der Waals surface area contributed by atoms with Gasteiger partial charge in [0.05, 0.1) is 29.4 Å². The van der Waals surface area contributed by atoms with Gasteiger partial charge in [-0.3, -0.25) is 5.10 Å². The lowest BCUT2D eigenvalue weighted by molar-refractivity contribution is 0.186. The molecular formula is C20H22FN5O2S. The number of hydrogen-bond acceptors (Lipinski definition) is 7. The van der Waals surface area contributed by atoms with Crippen LogP contribution in [0.3, 0.4) is 0 Å². The molecule has 0 saturated heterocycles. The van der Waals surface area contributed by atoms with Gasteiger partial charge in [-0.25, -0.2) is 14.4 Å². The summed E-state index contributed by atoms with van der Waals surface area (Å²) in [5.41, 5.74) is 2.15. The molecule has 0 bridgehead atoms. The lowest BCUT2D eigenvalue weighted by Gasteiger charge is -2.10. The van der Waals surface area contributed by atoms with Crippen molar-refractivity contribution in [3.05, 3.63) is 40.9 Å². The van der Waals surface area contributed by atoms with Crippen LogP contribution in [0.1, 0.15) is 23.3 Å². The van der Waals surface area contributed by atoms with E-state index in [1.807, 2.05) is 0 Å². The van der Waals surface area contributed by atoms with E-state index in [0.717, 1.165) is 51.9 Å². The topological polar surface area (TPSA) is 84.9 Å². The molecule has 0 aliphatic rings. The maximum absolute atomic E-state index is 14.6. The van der Waals surface area contributed by atoms with Crippen LogP contribution in [0, 0.1) is 5.82 Å². The van der Waals surface area contributed by atoms with Crippen LogP contribution in [0.2, 0.25) is 0 Å². The van der Waals surface area contributed by atoms with Crippen molar-refractivity contribution in [1.82, 2.24) is 20.2 Å². The Balaban J connectivity index is 1.73. The van der Waals surface area contributed by atoms with Gasteiger partial charge in [0.2, 0.25) is 0 Å². The summed E-state index contributed by atoms with van der Waals surface area (Å²) >= 11 is 1.59. The van der Waals surface area contributed by atoms with E-state index in [1.165, 1.54) is 12.4 Å². The maximum atomic E-state index is 14.6. The zero-order valence-corrected chi connectivity index (χ0v) is 17.1.